The zero-order chi connectivity index (χ0) is 14.8. The average molecular weight is 280 g/mol. The second-order valence-electron chi connectivity index (χ2n) is 4.60. The van der Waals surface area contributed by atoms with Gasteiger partial charge < -0.3 is 10.4 Å². The van der Waals surface area contributed by atoms with Crippen molar-refractivity contribution in [1.82, 2.24) is 4.98 Å². The van der Waals surface area contributed by atoms with Gasteiger partial charge in [-0.15, -0.1) is 0 Å². The van der Waals surface area contributed by atoms with Crippen LogP contribution in [0.5, 0.6) is 5.88 Å². The number of carbonyl (C=O) groups is 1. The number of aromatic hydroxyl groups is 1. The maximum atomic E-state index is 12.1. The summed E-state index contributed by atoms with van der Waals surface area (Å²) in [5.41, 5.74) is 0.708. The predicted molar refractivity (Wildman–Crippen MR) is 80.6 cm³/mol. The standard InChI is InChI=1S/C16H12N2O3/c19-14-9-11-8-12(6-7-13(11)16(21)18-14)17-15(20)10-4-2-1-3-5-10/h1-9H,(H,17,20)(H2,18,19,21). The Balaban J connectivity index is 1.95. The monoisotopic (exact) mass is 280 g/mol. The van der Waals surface area contributed by atoms with E-state index in [9.17, 15) is 14.7 Å². The molecule has 0 bridgehead atoms. The minimum Gasteiger partial charge on any atom is -0.494 e. The molecule has 3 rings (SSSR count). The minimum atomic E-state index is -0.397. The van der Waals surface area contributed by atoms with Gasteiger partial charge in [0.05, 0.1) is 0 Å². The van der Waals surface area contributed by atoms with Crippen LogP contribution < -0.4 is 10.9 Å². The molecule has 104 valence electrons. The van der Waals surface area contributed by atoms with E-state index in [1.165, 1.54) is 6.07 Å². The summed E-state index contributed by atoms with van der Waals surface area (Å²) in [5, 5.41) is 13.5. The van der Waals surface area contributed by atoms with E-state index in [4.69, 9.17) is 0 Å². The lowest BCUT2D eigenvalue weighted by Gasteiger charge is -2.07. The number of aromatic amines is 1. The molecule has 0 saturated heterocycles. The zero-order valence-corrected chi connectivity index (χ0v) is 11.0. The number of anilines is 1. The van der Waals surface area contributed by atoms with Gasteiger partial charge in [-0.25, -0.2) is 0 Å². The fraction of sp³-hybridized carbons (Fsp3) is 0. The Morgan fingerprint density at radius 2 is 1.81 bits per heavy atom. The number of H-pyrrole nitrogens is 1. The first kappa shape index (κ1) is 12.9. The van der Waals surface area contributed by atoms with Crippen LogP contribution in [0.25, 0.3) is 10.8 Å². The van der Waals surface area contributed by atoms with Crippen molar-refractivity contribution in [3.8, 4) is 5.88 Å². The molecule has 0 unspecified atom stereocenters. The van der Waals surface area contributed by atoms with Crippen LogP contribution in [0, 0.1) is 0 Å². The molecule has 0 radical (unpaired) electrons. The molecule has 5 nitrogen and oxygen atoms in total. The van der Waals surface area contributed by atoms with E-state index in [-0.39, 0.29) is 11.8 Å². The van der Waals surface area contributed by atoms with Crippen LogP contribution in [0.4, 0.5) is 5.69 Å². The van der Waals surface area contributed by atoms with Crippen molar-refractivity contribution in [3.63, 3.8) is 0 Å². The van der Waals surface area contributed by atoms with E-state index in [0.717, 1.165) is 0 Å². The number of pyridine rings is 1. The Hall–Kier alpha value is -3.08. The van der Waals surface area contributed by atoms with Crippen LogP contribution in [-0.2, 0) is 0 Å². The maximum Gasteiger partial charge on any atom is 0.255 e. The highest BCUT2D eigenvalue weighted by molar-refractivity contribution is 6.05. The quantitative estimate of drug-likeness (QED) is 0.674. The lowest BCUT2D eigenvalue weighted by atomic mass is 10.1. The molecular formula is C16H12N2O3. The van der Waals surface area contributed by atoms with Crippen molar-refractivity contribution in [2.75, 3.05) is 5.32 Å². The molecule has 0 spiro atoms. The molecule has 2 aromatic carbocycles. The molecule has 0 aliphatic carbocycles. The van der Waals surface area contributed by atoms with Gasteiger partial charge in [0.1, 0.15) is 0 Å². The molecule has 1 aromatic heterocycles. The molecule has 3 N–H and O–H groups in total. The number of nitrogens with one attached hydrogen (secondary N) is 2. The third-order valence-electron chi connectivity index (χ3n) is 3.13. The van der Waals surface area contributed by atoms with Crippen molar-refractivity contribution in [3.05, 3.63) is 70.5 Å². The van der Waals surface area contributed by atoms with Gasteiger partial charge in [0, 0.05) is 22.7 Å². The summed E-state index contributed by atoms with van der Waals surface area (Å²) in [4.78, 5) is 25.7. The molecule has 3 aromatic rings. The third-order valence-corrected chi connectivity index (χ3v) is 3.13. The highest BCUT2D eigenvalue weighted by Gasteiger charge is 2.07. The summed E-state index contributed by atoms with van der Waals surface area (Å²) in [6.45, 7) is 0. The Bertz CT molecular complexity index is 870. The van der Waals surface area contributed by atoms with Gasteiger partial charge in [-0.1, -0.05) is 18.2 Å². The largest absolute Gasteiger partial charge is 0.494 e. The number of amides is 1. The van der Waals surface area contributed by atoms with Crippen LogP contribution in [0.15, 0.2) is 59.4 Å². The van der Waals surface area contributed by atoms with Crippen LogP contribution in [0.2, 0.25) is 0 Å². The summed E-state index contributed by atoms with van der Waals surface area (Å²) < 4.78 is 0. The van der Waals surface area contributed by atoms with Crippen LogP contribution >= 0.6 is 0 Å². The highest BCUT2D eigenvalue weighted by atomic mass is 16.3. The second kappa shape index (κ2) is 5.13. The second-order valence-corrected chi connectivity index (χ2v) is 4.60. The zero-order valence-electron chi connectivity index (χ0n) is 11.0. The van der Waals surface area contributed by atoms with Crippen molar-refractivity contribution in [1.29, 1.82) is 0 Å². The lowest BCUT2D eigenvalue weighted by molar-refractivity contribution is 0.102. The molecule has 21 heavy (non-hydrogen) atoms. The van der Waals surface area contributed by atoms with E-state index in [0.29, 0.717) is 22.0 Å². The number of rotatable bonds is 2. The fourth-order valence-corrected chi connectivity index (χ4v) is 2.13. The molecule has 0 saturated carbocycles. The number of hydrogen-bond donors (Lipinski definition) is 3. The molecule has 5 heteroatoms. The summed E-state index contributed by atoms with van der Waals surface area (Å²) in [6.07, 6.45) is 0. The number of fused-ring (bicyclic) bond motifs is 1. The minimum absolute atomic E-state index is 0.182. The Morgan fingerprint density at radius 1 is 1.05 bits per heavy atom. The van der Waals surface area contributed by atoms with E-state index >= 15 is 0 Å². The van der Waals surface area contributed by atoms with Crippen molar-refractivity contribution in [2.45, 2.75) is 0 Å². The van der Waals surface area contributed by atoms with E-state index < -0.39 is 5.56 Å². The van der Waals surface area contributed by atoms with E-state index in [1.54, 1.807) is 42.5 Å². The molecule has 1 amide bonds. The summed E-state index contributed by atoms with van der Waals surface area (Å²) in [7, 11) is 0. The molecule has 0 aliphatic rings. The summed E-state index contributed by atoms with van der Waals surface area (Å²) in [6, 6.07) is 15.2. The van der Waals surface area contributed by atoms with E-state index in [1.807, 2.05) is 6.07 Å². The predicted octanol–water partition coefficient (Wildman–Crippen LogP) is 2.49. The highest BCUT2D eigenvalue weighted by Crippen LogP contribution is 2.23. The SMILES string of the molecule is O=C(Nc1ccc2c(O)[nH]c(=O)cc2c1)c1ccccc1. The molecule has 0 fully saturated rings. The van der Waals surface area contributed by atoms with Gasteiger partial charge in [-0.05, 0) is 35.7 Å². The number of carbonyl (C=O) groups excluding carboxylic acids is 1. The molecule has 0 atom stereocenters. The third kappa shape index (κ3) is 2.62. The van der Waals surface area contributed by atoms with E-state index in [2.05, 4.69) is 10.3 Å². The first-order valence-electron chi connectivity index (χ1n) is 6.36. The Morgan fingerprint density at radius 3 is 2.57 bits per heavy atom. The van der Waals surface area contributed by atoms with Crippen molar-refractivity contribution >= 4 is 22.4 Å². The van der Waals surface area contributed by atoms with Gasteiger partial charge in [0.2, 0.25) is 0 Å². The number of aromatic nitrogens is 1. The topological polar surface area (TPSA) is 82.2 Å². The lowest BCUT2D eigenvalue weighted by Crippen LogP contribution is -2.11. The first-order chi connectivity index (χ1) is 10.1. The molecule has 1 heterocycles. The van der Waals surface area contributed by atoms with Crippen LogP contribution in [0.1, 0.15) is 10.4 Å². The van der Waals surface area contributed by atoms with Crippen LogP contribution in [-0.4, -0.2) is 16.0 Å². The average Bonchev–Trinajstić information content (AvgIpc) is 2.47. The Labute approximate surface area is 119 Å². The Kier molecular flexibility index (Phi) is 3.16. The van der Waals surface area contributed by atoms with Gasteiger partial charge in [-0.2, -0.15) is 0 Å². The van der Waals surface area contributed by atoms with Gasteiger partial charge >= 0.3 is 0 Å². The summed E-state index contributed by atoms with van der Waals surface area (Å²) >= 11 is 0. The maximum absolute atomic E-state index is 12.1. The normalized spacial score (nSPS) is 10.5. The van der Waals surface area contributed by atoms with Gasteiger partial charge in [-0.3, -0.25) is 14.6 Å². The number of benzene rings is 2. The van der Waals surface area contributed by atoms with Gasteiger partial charge in [0.15, 0.2) is 5.88 Å². The molecular weight excluding hydrogens is 268 g/mol. The summed E-state index contributed by atoms with van der Waals surface area (Å²) in [5.74, 6) is -0.414. The smallest absolute Gasteiger partial charge is 0.255 e. The molecule has 0 aliphatic heterocycles. The van der Waals surface area contributed by atoms with Gasteiger partial charge in [0.25, 0.3) is 11.5 Å². The first-order valence-corrected chi connectivity index (χ1v) is 6.36. The van der Waals surface area contributed by atoms with Crippen molar-refractivity contribution < 1.29 is 9.90 Å². The van der Waals surface area contributed by atoms with Crippen molar-refractivity contribution in [2.24, 2.45) is 0 Å². The van der Waals surface area contributed by atoms with Crippen LogP contribution in [0.3, 0.4) is 0 Å². The fourth-order valence-electron chi connectivity index (χ4n) is 2.13. The number of hydrogen-bond acceptors (Lipinski definition) is 3.